The van der Waals surface area contributed by atoms with Crippen molar-refractivity contribution in [3.05, 3.63) is 35.9 Å². The number of benzene rings is 1. The molecular weight excluding hydrogens is 234 g/mol. The predicted molar refractivity (Wildman–Crippen MR) is 80.5 cm³/mol. The van der Waals surface area contributed by atoms with Crippen LogP contribution in [0.15, 0.2) is 30.3 Å². The van der Waals surface area contributed by atoms with Gasteiger partial charge in [0.2, 0.25) is 0 Å². The normalized spacial score (nSPS) is 19.9. The lowest BCUT2D eigenvalue weighted by Crippen LogP contribution is -2.39. The summed E-state index contributed by atoms with van der Waals surface area (Å²) in [5, 5.41) is 1.22. The number of nitrogens with two attached hydrogens (primary N) is 1. The second-order valence-corrected chi connectivity index (χ2v) is 5.51. The molecule has 0 bridgehead atoms. The van der Waals surface area contributed by atoms with Crippen LogP contribution in [0.5, 0.6) is 0 Å². The lowest BCUT2D eigenvalue weighted by atomic mass is 9.98. The Morgan fingerprint density at radius 3 is 3.05 bits per heavy atom. The van der Waals surface area contributed by atoms with Gasteiger partial charge in [0, 0.05) is 18.5 Å². The largest absolute Gasteiger partial charge is 0.356 e. The first-order chi connectivity index (χ1) is 9.28. The van der Waals surface area contributed by atoms with Crippen molar-refractivity contribution in [2.24, 2.45) is 11.7 Å². The molecule has 1 aromatic heterocycles. The standard InChI is InChI=1S/C16H21N3/c1-12-9-14-6-2-3-7-15(14)18-16(12)19-8-4-5-13(10-17)11-19/h2-3,6-7,9,13H,4-5,8,10-11,17H2,1H3. The van der Waals surface area contributed by atoms with E-state index in [0.29, 0.717) is 5.92 Å². The zero-order chi connectivity index (χ0) is 13.2. The van der Waals surface area contributed by atoms with Crippen molar-refractivity contribution in [3.8, 4) is 0 Å². The van der Waals surface area contributed by atoms with Gasteiger partial charge in [0.05, 0.1) is 5.52 Å². The van der Waals surface area contributed by atoms with Crippen molar-refractivity contribution in [2.45, 2.75) is 19.8 Å². The minimum absolute atomic E-state index is 0.612. The molecule has 3 rings (SSSR count). The number of aromatic nitrogens is 1. The molecule has 0 spiro atoms. The Balaban J connectivity index is 1.97. The highest BCUT2D eigenvalue weighted by Crippen LogP contribution is 2.26. The Bertz CT molecular complexity index is 579. The highest BCUT2D eigenvalue weighted by Gasteiger charge is 2.21. The second-order valence-electron chi connectivity index (χ2n) is 5.51. The summed E-state index contributed by atoms with van der Waals surface area (Å²) in [7, 11) is 0. The summed E-state index contributed by atoms with van der Waals surface area (Å²) < 4.78 is 0. The van der Waals surface area contributed by atoms with Crippen LogP contribution >= 0.6 is 0 Å². The van der Waals surface area contributed by atoms with Crippen LogP contribution in [0.1, 0.15) is 18.4 Å². The third-order valence-corrected chi connectivity index (χ3v) is 4.04. The first-order valence-corrected chi connectivity index (χ1v) is 7.09. The number of piperidine rings is 1. The lowest BCUT2D eigenvalue weighted by molar-refractivity contribution is 0.421. The zero-order valence-electron chi connectivity index (χ0n) is 11.5. The molecule has 1 unspecified atom stereocenters. The first kappa shape index (κ1) is 12.4. The molecule has 1 aliphatic rings. The van der Waals surface area contributed by atoms with Crippen molar-refractivity contribution >= 4 is 16.7 Å². The van der Waals surface area contributed by atoms with E-state index in [1.54, 1.807) is 0 Å². The van der Waals surface area contributed by atoms with Crippen LogP contribution in [0.4, 0.5) is 5.82 Å². The van der Waals surface area contributed by atoms with Crippen LogP contribution in [0.3, 0.4) is 0 Å². The summed E-state index contributed by atoms with van der Waals surface area (Å²) in [6, 6.07) is 10.6. The number of para-hydroxylation sites is 1. The molecule has 2 heterocycles. The molecule has 0 aliphatic carbocycles. The van der Waals surface area contributed by atoms with Crippen molar-refractivity contribution in [2.75, 3.05) is 24.5 Å². The van der Waals surface area contributed by atoms with Crippen molar-refractivity contribution < 1.29 is 0 Å². The summed E-state index contributed by atoms with van der Waals surface area (Å²) in [5.41, 5.74) is 8.17. The van der Waals surface area contributed by atoms with Crippen molar-refractivity contribution in [3.63, 3.8) is 0 Å². The lowest BCUT2D eigenvalue weighted by Gasteiger charge is -2.34. The van der Waals surface area contributed by atoms with E-state index in [1.165, 1.54) is 23.8 Å². The number of anilines is 1. The molecule has 1 aliphatic heterocycles. The van der Waals surface area contributed by atoms with Gasteiger partial charge in [-0.1, -0.05) is 18.2 Å². The van der Waals surface area contributed by atoms with Crippen LogP contribution in [0.25, 0.3) is 10.9 Å². The number of nitrogens with zero attached hydrogens (tertiary/aromatic N) is 2. The van der Waals surface area contributed by atoms with E-state index in [-0.39, 0.29) is 0 Å². The molecule has 2 aromatic rings. The predicted octanol–water partition coefficient (Wildman–Crippen LogP) is 2.72. The average molecular weight is 255 g/mol. The summed E-state index contributed by atoms with van der Waals surface area (Å²) in [5.74, 6) is 1.75. The molecule has 1 atom stereocenters. The van der Waals surface area contributed by atoms with E-state index in [0.717, 1.165) is 31.0 Å². The van der Waals surface area contributed by atoms with E-state index in [4.69, 9.17) is 10.7 Å². The fourth-order valence-corrected chi connectivity index (χ4v) is 2.98. The molecular formula is C16H21N3. The molecule has 3 nitrogen and oxygen atoms in total. The van der Waals surface area contributed by atoms with Gasteiger partial charge in [0.15, 0.2) is 0 Å². The van der Waals surface area contributed by atoms with Gasteiger partial charge in [-0.05, 0) is 49.9 Å². The summed E-state index contributed by atoms with van der Waals surface area (Å²) in [6.45, 7) is 5.08. The fraction of sp³-hybridized carbons (Fsp3) is 0.438. The second kappa shape index (κ2) is 5.17. The summed E-state index contributed by atoms with van der Waals surface area (Å²) >= 11 is 0. The van der Waals surface area contributed by atoms with Crippen molar-refractivity contribution in [1.29, 1.82) is 0 Å². The molecule has 1 fully saturated rings. The number of hydrogen-bond donors (Lipinski definition) is 1. The minimum atomic E-state index is 0.612. The highest BCUT2D eigenvalue weighted by atomic mass is 15.2. The Kier molecular flexibility index (Phi) is 3.38. The molecule has 2 N–H and O–H groups in total. The maximum Gasteiger partial charge on any atom is 0.132 e. The van der Waals surface area contributed by atoms with Crippen LogP contribution in [-0.4, -0.2) is 24.6 Å². The summed E-state index contributed by atoms with van der Waals surface area (Å²) in [4.78, 5) is 7.26. The highest BCUT2D eigenvalue weighted by molar-refractivity contribution is 5.81. The van der Waals surface area contributed by atoms with Gasteiger partial charge in [0.1, 0.15) is 5.82 Å². The third kappa shape index (κ3) is 2.43. The fourth-order valence-electron chi connectivity index (χ4n) is 2.98. The molecule has 3 heteroatoms. The molecule has 0 radical (unpaired) electrons. The number of hydrogen-bond acceptors (Lipinski definition) is 3. The maximum atomic E-state index is 5.83. The van der Waals surface area contributed by atoms with Crippen LogP contribution in [0.2, 0.25) is 0 Å². The van der Waals surface area contributed by atoms with E-state index >= 15 is 0 Å². The van der Waals surface area contributed by atoms with Crippen LogP contribution in [0, 0.1) is 12.8 Å². The van der Waals surface area contributed by atoms with Gasteiger partial charge < -0.3 is 10.6 Å². The number of pyridine rings is 1. The third-order valence-electron chi connectivity index (χ3n) is 4.04. The summed E-state index contributed by atoms with van der Waals surface area (Å²) in [6.07, 6.45) is 2.47. The topological polar surface area (TPSA) is 42.2 Å². The van der Waals surface area contributed by atoms with Gasteiger partial charge in [-0.2, -0.15) is 0 Å². The quantitative estimate of drug-likeness (QED) is 0.897. The zero-order valence-corrected chi connectivity index (χ0v) is 11.5. The average Bonchev–Trinajstić information content (AvgIpc) is 2.46. The van der Waals surface area contributed by atoms with E-state index in [2.05, 4.69) is 36.1 Å². The Labute approximate surface area is 114 Å². The Morgan fingerprint density at radius 2 is 2.21 bits per heavy atom. The number of rotatable bonds is 2. The monoisotopic (exact) mass is 255 g/mol. The number of aryl methyl sites for hydroxylation is 1. The molecule has 100 valence electrons. The Morgan fingerprint density at radius 1 is 1.37 bits per heavy atom. The van der Waals surface area contributed by atoms with E-state index in [9.17, 15) is 0 Å². The SMILES string of the molecule is Cc1cc2ccccc2nc1N1CCCC(CN)C1. The van der Waals surface area contributed by atoms with Crippen molar-refractivity contribution in [1.82, 2.24) is 4.98 Å². The van der Waals surface area contributed by atoms with Gasteiger partial charge >= 0.3 is 0 Å². The Hall–Kier alpha value is -1.61. The molecule has 1 saturated heterocycles. The maximum absolute atomic E-state index is 5.83. The smallest absolute Gasteiger partial charge is 0.132 e. The first-order valence-electron chi connectivity index (χ1n) is 7.09. The van der Waals surface area contributed by atoms with Gasteiger partial charge in [-0.25, -0.2) is 4.98 Å². The van der Waals surface area contributed by atoms with Gasteiger partial charge in [-0.15, -0.1) is 0 Å². The van der Waals surface area contributed by atoms with Crippen LogP contribution in [-0.2, 0) is 0 Å². The van der Waals surface area contributed by atoms with Crippen LogP contribution < -0.4 is 10.6 Å². The number of fused-ring (bicyclic) bond motifs is 1. The minimum Gasteiger partial charge on any atom is -0.356 e. The molecule has 19 heavy (non-hydrogen) atoms. The van der Waals surface area contributed by atoms with Gasteiger partial charge in [-0.3, -0.25) is 0 Å². The molecule has 0 amide bonds. The van der Waals surface area contributed by atoms with E-state index in [1.807, 2.05) is 6.07 Å². The van der Waals surface area contributed by atoms with E-state index < -0.39 is 0 Å². The molecule has 0 saturated carbocycles. The van der Waals surface area contributed by atoms with Gasteiger partial charge in [0.25, 0.3) is 0 Å². The molecule has 1 aromatic carbocycles.